The molecule has 88 valence electrons. The van der Waals surface area contributed by atoms with Crippen molar-refractivity contribution in [2.45, 2.75) is 26.4 Å². The minimum Gasteiger partial charge on any atom is -0.444 e. The minimum absolute atomic E-state index is 0.0190. The van der Waals surface area contributed by atoms with Crippen LogP contribution in [-0.2, 0) is 4.74 Å². The highest BCUT2D eigenvalue weighted by Crippen LogP contribution is 2.10. The van der Waals surface area contributed by atoms with Gasteiger partial charge in [0, 0.05) is 17.4 Å². The Balaban J connectivity index is 4.07. The van der Waals surface area contributed by atoms with Gasteiger partial charge < -0.3 is 10.1 Å². The van der Waals surface area contributed by atoms with E-state index in [0.717, 1.165) is 0 Å². The van der Waals surface area contributed by atoms with E-state index in [1.54, 1.807) is 20.8 Å². The number of carbonyl (C=O) groups excluding carboxylic acids is 1. The van der Waals surface area contributed by atoms with E-state index in [1.807, 2.05) is 0 Å². The Morgan fingerprint density at radius 3 is 2.27 bits per heavy atom. The molecule has 0 saturated heterocycles. The number of alkyl carbamates (subject to hydrolysis) is 1. The fraction of sp³-hybridized carbons (Fsp3) is 0.667. The van der Waals surface area contributed by atoms with Gasteiger partial charge in [-0.1, -0.05) is 15.9 Å². The van der Waals surface area contributed by atoms with Crippen molar-refractivity contribution in [3.8, 4) is 0 Å². The summed E-state index contributed by atoms with van der Waals surface area (Å²) >= 11 is 2.90. The summed E-state index contributed by atoms with van der Waals surface area (Å²) in [4.78, 5) is 11.1. The molecule has 1 N–H and O–H groups in total. The molecule has 0 radical (unpaired) electrons. The monoisotopic (exact) mass is 285 g/mol. The lowest BCUT2D eigenvalue weighted by atomic mass is 10.2. The van der Waals surface area contributed by atoms with Crippen LogP contribution in [0.2, 0.25) is 0 Å². The Morgan fingerprint density at radius 1 is 1.40 bits per heavy atom. The van der Waals surface area contributed by atoms with Gasteiger partial charge in [0.2, 0.25) is 0 Å². The van der Waals surface area contributed by atoms with E-state index < -0.39 is 17.8 Å². The highest BCUT2D eigenvalue weighted by molar-refractivity contribution is 9.09. The van der Waals surface area contributed by atoms with Crippen molar-refractivity contribution in [2.75, 3.05) is 11.9 Å². The summed E-state index contributed by atoms with van der Waals surface area (Å²) in [6.45, 7) is 4.87. The predicted octanol–water partition coefficient (Wildman–Crippen LogP) is 3.06. The molecule has 0 rings (SSSR count). The number of rotatable bonds is 3. The third-order valence-corrected chi connectivity index (χ3v) is 1.95. The molecule has 0 aromatic heterocycles. The fourth-order valence-corrected chi connectivity index (χ4v) is 1.07. The van der Waals surface area contributed by atoms with Crippen molar-refractivity contribution in [1.29, 1.82) is 0 Å². The molecule has 0 bridgehead atoms. The molecule has 0 saturated carbocycles. The van der Waals surface area contributed by atoms with Crippen LogP contribution in [0.3, 0.4) is 0 Å². The maximum atomic E-state index is 12.1. The van der Waals surface area contributed by atoms with Crippen LogP contribution < -0.4 is 5.32 Å². The molecular formula is C9H14BrF2NO2. The Kier molecular flexibility index (Phi) is 5.79. The van der Waals surface area contributed by atoms with Gasteiger partial charge in [-0.05, 0) is 20.8 Å². The van der Waals surface area contributed by atoms with Crippen LogP contribution in [0.4, 0.5) is 13.6 Å². The van der Waals surface area contributed by atoms with E-state index in [0.29, 0.717) is 0 Å². The number of halogens is 3. The first-order valence-electron chi connectivity index (χ1n) is 4.32. The molecule has 0 fully saturated rings. The lowest BCUT2D eigenvalue weighted by molar-refractivity contribution is 0.0532. The minimum atomic E-state index is -1.79. The number of alkyl halides is 1. The maximum absolute atomic E-state index is 12.1. The highest BCUT2D eigenvalue weighted by atomic mass is 79.9. The summed E-state index contributed by atoms with van der Waals surface area (Å²) in [5.74, 6) is 0. The molecule has 15 heavy (non-hydrogen) atoms. The Hall–Kier alpha value is -0.650. The van der Waals surface area contributed by atoms with Gasteiger partial charge in [-0.25, -0.2) is 4.79 Å². The number of hydrogen-bond donors (Lipinski definition) is 1. The van der Waals surface area contributed by atoms with Crippen LogP contribution in [0, 0.1) is 0 Å². The van der Waals surface area contributed by atoms with Gasteiger partial charge in [0.1, 0.15) is 5.60 Å². The van der Waals surface area contributed by atoms with E-state index in [9.17, 15) is 13.6 Å². The van der Waals surface area contributed by atoms with Crippen LogP contribution in [0.5, 0.6) is 0 Å². The van der Waals surface area contributed by atoms with Crippen LogP contribution in [0.15, 0.2) is 11.7 Å². The van der Waals surface area contributed by atoms with Crippen molar-refractivity contribution < 1.29 is 18.3 Å². The smallest absolute Gasteiger partial charge is 0.407 e. The summed E-state index contributed by atoms with van der Waals surface area (Å²) < 4.78 is 29.2. The predicted molar refractivity (Wildman–Crippen MR) is 57.3 cm³/mol. The summed E-state index contributed by atoms with van der Waals surface area (Å²) in [6, 6.07) is 0. The lowest BCUT2D eigenvalue weighted by Crippen LogP contribution is -2.33. The van der Waals surface area contributed by atoms with Crippen LogP contribution >= 0.6 is 15.9 Å². The van der Waals surface area contributed by atoms with Gasteiger partial charge in [-0.15, -0.1) is 0 Å². The second-order valence-electron chi connectivity index (χ2n) is 3.85. The van der Waals surface area contributed by atoms with Crippen molar-refractivity contribution in [3.63, 3.8) is 0 Å². The molecule has 0 aliphatic carbocycles. The molecule has 0 aromatic carbocycles. The quantitative estimate of drug-likeness (QED) is 0.810. The van der Waals surface area contributed by atoms with E-state index in [1.165, 1.54) is 0 Å². The number of nitrogens with one attached hydrogen (secondary N) is 1. The Labute approximate surface area is 96.0 Å². The maximum Gasteiger partial charge on any atom is 0.407 e. The molecule has 0 aliphatic heterocycles. The van der Waals surface area contributed by atoms with E-state index >= 15 is 0 Å². The van der Waals surface area contributed by atoms with Gasteiger partial charge in [0.25, 0.3) is 6.08 Å². The summed E-state index contributed by atoms with van der Waals surface area (Å²) in [5.41, 5.74) is -0.794. The molecular weight excluding hydrogens is 272 g/mol. The first-order chi connectivity index (χ1) is 6.76. The summed E-state index contributed by atoms with van der Waals surface area (Å²) in [5, 5.41) is 2.26. The highest BCUT2D eigenvalue weighted by Gasteiger charge is 2.16. The lowest BCUT2D eigenvalue weighted by Gasteiger charge is -2.19. The number of amides is 1. The molecule has 0 heterocycles. The number of ether oxygens (including phenoxy) is 1. The molecule has 0 atom stereocenters. The van der Waals surface area contributed by atoms with Gasteiger partial charge in [-0.3, -0.25) is 0 Å². The molecule has 0 spiro atoms. The SMILES string of the molecule is CC(C)(C)OC(=O)NCC(CBr)=C(F)F. The molecule has 3 nitrogen and oxygen atoms in total. The van der Waals surface area contributed by atoms with Crippen molar-refractivity contribution in [3.05, 3.63) is 11.7 Å². The standard InChI is InChI=1S/C9H14BrF2NO2/c1-9(2,3)15-8(14)13-5-6(4-10)7(11)12/h4-5H2,1-3H3,(H,13,14). The van der Waals surface area contributed by atoms with Crippen molar-refractivity contribution in [1.82, 2.24) is 5.32 Å². The fourth-order valence-electron chi connectivity index (χ4n) is 0.658. The van der Waals surface area contributed by atoms with Gasteiger partial charge in [0.05, 0.1) is 0 Å². The van der Waals surface area contributed by atoms with Gasteiger partial charge in [-0.2, -0.15) is 8.78 Å². The van der Waals surface area contributed by atoms with Crippen molar-refractivity contribution >= 4 is 22.0 Å². The normalized spacial score (nSPS) is 10.8. The molecule has 1 amide bonds. The summed E-state index contributed by atoms with van der Waals surface area (Å²) in [7, 11) is 0. The van der Waals surface area contributed by atoms with Gasteiger partial charge in [0.15, 0.2) is 0 Å². The largest absolute Gasteiger partial charge is 0.444 e. The second-order valence-corrected chi connectivity index (χ2v) is 4.41. The Morgan fingerprint density at radius 2 is 1.93 bits per heavy atom. The average Bonchev–Trinajstić information content (AvgIpc) is 2.01. The van der Waals surface area contributed by atoms with Crippen LogP contribution in [0.1, 0.15) is 20.8 Å². The zero-order valence-corrected chi connectivity index (χ0v) is 10.5. The zero-order valence-electron chi connectivity index (χ0n) is 8.86. The summed E-state index contributed by atoms with van der Waals surface area (Å²) in [6.07, 6.45) is -2.50. The molecule has 0 aliphatic rings. The average molecular weight is 286 g/mol. The third kappa shape index (κ3) is 7.30. The van der Waals surface area contributed by atoms with E-state index in [4.69, 9.17) is 4.74 Å². The van der Waals surface area contributed by atoms with Crippen LogP contribution in [0.25, 0.3) is 0 Å². The van der Waals surface area contributed by atoms with E-state index in [2.05, 4.69) is 21.2 Å². The number of carbonyl (C=O) groups is 1. The van der Waals surface area contributed by atoms with Gasteiger partial charge >= 0.3 is 6.09 Å². The molecule has 0 unspecified atom stereocenters. The molecule has 6 heteroatoms. The first-order valence-corrected chi connectivity index (χ1v) is 5.44. The topological polar surface area (TPSA) is 38.3 Å². The Bertz CT molecular complexity index is 257. The van der Waals surface area contributed by atoms with Crippen molar-refractivity contribution in [2.24, 2.45) is 0 Å². The van der Waals surface area contributed by atoms with Crippen LogP contribution in [-0.4, -0.2) is 23.6 Å². The molecule has 0 aromatic rings. The second kappa shape index (κ2) is 6.05. The van der Waals surface area contributed by atoms with E-state index in [-0.39, 0.29) is 17.4 Å². The number of hydrogen-bond acceptors (Lipinski definition) is 2. The first kappa shape index (κ1) is 14.3. The third-order valence-electron chi connectivity index (χ3n) is 1.27. The zero-order chi connectivity index (χ0) is 12.1.